The topological polar surface area (TPSA) is 66.5 Å². The fourth-order valence-corrected chi connectivity index (χ4v) is 5.38. The van der Waals surface area contributed by atoms with Crippen molar-refractivity contribution < 1.29 is 14.4 Å². The van der Waals surface area contributed by atoms with Gasteiger partial charge in [0.25, 0.3) is 0 Å². The smallest absolute Gasteiger partial charge is 0.233 e. The Bertz CT molecular complexity index is 809. The molecule has 0 aromatic heterocycles. The lowest BCUT2D eigenvalue weighted by molar-refractivity contribution is -0.140. The Morgan fingerprint density at radius 1 is 1.08 bits per heavy atom. The third-order valence-corrected chi connectivity index (χ3v) is 6.74. The minimum Gasteiger partial charge on any atom is -0.326 e. The molecule has 1 aromatic carbocycles. The van der Waals surface area contributed by atoms with Gasteiger partial charge in [-0.05, 0) is 48.6 Å². The van der Waals surface area contributed by atoms with E-state index in [2.05, 4.69) is 17.5 Å². The molecule has 2 bridgehead atoms. The summed E-state index contributed by atoms with van der Waals surface area (Å²) in [6.07, 6.45) is 5.63. The van der Waals surface area contributed by atoms with E-state index in [1.807, 2.05) is 31.2 Å². The Kier molecular flexibility index (Phi) is 3.36. The number of carbonyl (C=O) groups is 3. The van der Waals surface area contributed by atoms with Gasteiger partial charge in [-0.1, -0.05) is 30.4 Å². The van der Waals surface area contributed by atoms with Gasteiger partial charge in [0.1, 0.15) is 0 Å². The molecule has 1 N–H and O–H groups in total. The Hall–Kier alpha value is -2.43. The van der Waals surface area contributed by atoms with E-state index in [9.17, 15) is 14.4 Å². The van der Waals surface area contributed by atoms with E-state index < -0.39 is 0 Å². The van der Waals surface area contributed by atoms with Crippen molar-refractivity contribution in [3.63, 3.8) is 0 Å². The Morgan fingerprint density at radius 2 is 1.69 bits per heavy atom. The van der Waals surface area contributed by atoms with Crippen LogP contribution >= 0.6 is 0 Å². The second-order valence-corrected chi connectivity index (χ2v) is 8.10. The van der Waals surface area contributed by atoms with E-state index in [0.717, 1.165) is 17.7 Å². The van der Waals surface area contributed by atoms with Crippen molar-refractivity contribution in [1.29, 1.82) is 0 Å². The SMILES string of the molecule is Cc1ccccc1NC(=O)CCN1C(=O)[C@@H]2[C@@H]3C=C[C@H]([C@H]4C[C@H]34)[C@@H]2C1=O. The average molecular weight is 350 g/mol. The molecule has 1 aliphatic heterocycles. The highest BCUT2D eigenvalue weighted by Gasteiger charge is 2.66. The second-order valence-electron chi connectivity index (χ2n) is 8.10. The van der Waals surface area contributed by atoms with E-state index in [4.69, 9.17) is 0 Å². The molecule has 3 fully saturated rings. The van der Waals surface area contributed by atoms with Crippen LogP contribution in [0.5, 0.6) is 0 Å². The summed E-state index contributed by atoms with van der Waals surface area (Å²) in [5.74, 6) is 1.02. The number of nitrogens with zero attached hydrogens (tertiary/aromatic N) is 1. The van der Waals surface area contributed by atoms with Gasteiger partial charge in [0, 0.05) is 18.7 Å². The van der Waals surface area contributed by atoms with E-state index in [1.54, 1.807) is 0 Å². The number of rotatable bonds is 4. The Balaban J connectivity index is 1.26. The van der Waals surface area contributed by atoms with Crippen LogP contribution in [0.25, 0.3) is 0 Å². The van der Waals surface area contributed by atoms with Crippen LogP contribution in [0, 0.1) is 42.4 Å². The van der Waals surface area contributed by atoms with E-state index in [0.29, 0.717) is 11.8 Å². The van der Waals surface area contributed by atoms with Crippen molar-refractivity contribution >= 4 is 23.4 Å². The van der Waals surface area contributed by atoms with Crippen LogP contribution in [0.15, 0.2) is 36.4 Å². The lowest BCUT2D eigenvalue weighted by atomic mass is 9.63. The van der Waals surface area contributed by atoms with Gasteiger partial charge < -0.3 is 5.32 Å². The van der Waals surface area contributed by atoms with Crippen molar-refractivity contribution in [1.82, 2.24) is 4.90 Å². The summed E-state index contributed by atoms with van der Waals surface area (Å²) in [7, 11) is 0. The summed E-state index contributed by atoms with van der Waals surface area (Å²) in [6, 6.07) is 7.57. The Morgan fingerprint density at radius 3 is 2.31 bits per heavy atom. The average Bonchev–Trinajstić information content (AvgIpc) is 3.41. The van der Waals surface area contributed by atoms with Crippen molar-refractivity contribution in [3.05, 3.63) is 42.0 Å². The molecule has 6 rings (SSSR count). The van der Waals surface area contributed by atoms with Crippen molar-refractivity contribution in [2.75, 3.05) is 11.9 Å². The number of allylic oxidation sites excluding steroid dienone is 2. The van der Waals surface area contributed by atoms with Gasteiger partial charge >= 0.3 is 0 Å². The lowest BCUT2D eigenvalue weighted by Gasteiger charge is -2.37. The summed E-state index contributed by atoms with van der Waals surface area (Å²) in [4.78, 5) is 39.4. The summed E-state index contributed by atoms with van der Waals surface area (Å²) in [5.41, 5.74) is 1.76. The number of carbonyl (C=O) groups excluding carboxylic acids is 3. The minimum atomic E-state index is -0.180. The number of hydrogen-bond acceptors (Lipinski definition) is 3. The predicted octanol–water partition coefficient (Wildman–Crippen LogP) is 2.38. The Labute approximate surface area is 152 Å². The zero-order chi connectivity index (χ0) is 18.0. The summed E-state index contributed by atoms with van der Waals surface area (Å²) in [6.45, 7) is 2.11. The van der Waals surface area contributed by atoms with Crippen LogP contribution in [0.3, 0.4) is 0 Å². The molecule has 5 heteroatoms. The third kappa shape index (κ3) is 2.19. The molecule has 0 spiro atoms. The molecule has 3 amide bonds. The molecule has 0 unspecified atom stereocenters. The van der Waals surface area contributed by atoms with Gasteiger partial charge in [0.2, 0.25) is 17.7 Å². The number of amides is 3. The molecule has 26 heavy (non-hydrogen) atoms. The summed E-state index contributed by atoms with van der Waals surface area (Å²) >= 11 is 0. The first kappa shape index (κ1) is 15.8. The van der Waals surface area contributed by atoms with Crippen molar-refractivity contribution in [2.45, 2.75) is 19.8 Å². The number of likely N-dealkylation sites (tertiary alicyclic amines) is 1. The normalized spacial score (nSPS) is 36.1. The van der Waals surface area contributed by atoms with Crippen LogP contribution in [-0.4, -0.2) is 29.2 Å². The first-order valence-electron chi connectivity index (χ1n) is 9.45. The van der Waals surface area contributed by atoms with E-state index in [1.165, 1.54) is 4.90 Å². The van der Waals surface area contributed by atoms with Gasteiger partial charge in [0.05, 0.1) is 11.8 Å². The standard InChI is InChI=1S/C21H22N2O3/c1-11-4-2-3-5-16(11)22-17(24)8-9-23-20(25)18-12-6-7-13(15-10-14(12)15)19(18)21(23)26/h2-7,12-15,18-19H,8-10H2,1H3,(H,22,24)/t12-,13-,14-,15-,18-,19+/m1/s1. The summed E-state index contributed by atoms with van der Waals surface area (Å²) < 4.78 is 0. The number of nitrogens with one attached hydrogen (secondary N) is 1. The van der Waals surface area contributed by atoms with E-state index >= 15 is 0 Å². The molecular weight excluding hydrogens is 328 g/mol. The van der Waals surface area contributed by atoms with Gasteiger partial charge in [-0.15, -0.1) is 0 Å². The zero-order valence-corrected chi connectivity index (χ0v) is 14.7. The molecule has 5 aliphatic rings. The van der Waals surface area contributed by atoms with Gasteiger partial charge in [-0.3, -0.25) is 19.3 Å². The highest BCUT2D eigenvalue weighted by molar-refractivity contribution is 6.06. The highest BCUT2D eigenvalue weighted by atomic mass is 16.2. The molecule has 2 saturated carbocycles. The van der Waals surface area contributed by atoms with Gasteiger partial charge in [-0.2, -0.15) is 0 Å². The zero-order valence-electron chi connectivity index (χ0n) is 14.7. The quantitative estimate of drug-likeness (QED) is 0.670. The number of imide groups is 1. The number of anilines is 1. The first-order chi connectivity index (χ1) is 12.6. The van der Waals surface area contributed by atoms with Crippen LogP contribution in [0.2, 0.25) is 0 Å². The van der Waals surface area contributed by atoms with Crippen molar-refractivity contribution in [2.24, 2.45) is 35.5 Å². The maximum atomic E-state index is 12.9. The molecule has 1 heterocycles. The molecule has 0 radical (unpaired) electrons. The molecule has 1 saturated heterocycles. The molecular formula is C21H22N2O3. The van der Waals surface area contributed by atoms with Crippen LogP contribution in [0.1, 0.15) is 18.4 Å². The largest absolute Gasteiger partial charge is 0.326 e. The maximum absolute atomic E-state index is 12.9. The predicted molar refractivity (Wildman–Crippen MR) is 95.8 cm³/mol. The number of para-hydroxylation sites is 1. The molecule has 5 nitrogen and oxygen atoms in total. The third-order valence-electron chi connectivity index (χ3n) is 6.74. The molecule has 1 aromatic rings. The second kappa shape index (κ2) is 5.53. The fourth-order valence-electron chi connectivity index (χ4n) is 5.38. The lowest BCUT2D eigenvalue weighted by Crippen LogP contribution is -2.40. The van der Waals surface area contributed by atoms with Gasteiger partial charge in [0.15, 0.2) is 0 Å². The van der Waals surface area contributed by atoms with Crippen LogP contribution in [0.4, 0.5) is 5.69 Å². The van der Waals surface area contributed by atoms with Crippen molar-refractivity contribution in [3.8, 4) is 0 Å². The van der Waals surface area contributed by atoms with Crippen LogP contribution < -0.4 is 5.32 Å². The number of aryl methyl sites for hydroxylation is 1. The van der Waals surface area contributed by atoms with Crippen LogP contribution in [-0.2, 0) is 14.4 Å². The molecule has 134 valence electrons. The monoisotopic (exact) mass is 350 g/mol. The minimum absolute atomic E-state index is 0.0617. The number of hydrogen-bond donors (Lipinski definition) is 1. The highest BCUT2D eigenvalue weighted by Crippen LogP contribution is 2.65. The first-order valence-corrected chi connectivity index (χ1v) is 9.45. The molecule has 6 atom stereocenters. The summed E-state index contributed by atoms with van der Waals surface area (Å²) in [5, 5.41) is 2.87. The van der Waals surface area contributed by atoms with E-state index in [-0.39, 0.29) is 54.4 Å². The number of benzene rings is 1. The maximum Gasteiger partial charge on any atom is 0.233 e. The van der Waals surface area contributed by atoms with Gasteiger partial charge in [-0.25, -0.2) is 0 Å². The molecule has 4 aliphatic carbocycles. The fraction of sp³-hybridized carbons (Fsp3) is 0.476.